The lowest BCUT2D eigenvalue weighted by Gasteiger charge is -2.31. The van der Waals surface area contributed by atoms with E-state index in [4.69, 9.17) is 0 Å². The maximum absolute atomic E-state index is 12.0. The molecule has 0 bridgehead atoms. The zero-order valence-corrected chi connectivity index (χ0v) is 15.9. The Labute approximate surface area is 158 Å². The minimum Gasteiger partial charge on any atom is -0.352 e. The van der Waals surface area contributed by atoms with Gasteiger partial charge >= 0.3 is 0 Å². The average Bonchev–Trinajstić information content (AvgIpc) is 3.09. The molecule has 3 rings (SSSR count). The smallest absolute Gasteiger partial charge is 0.230 e. The molecule has 2 aromatic rings. The van der Waals surface area contributed by atoms with Crippen molar-refractivity contribution in [2.75, 3.05) is 12.3 Å². The van der Waals surface area contributed by atoms with Gasteiger partial charge in [0.05, 0.1) is 5.75 Å². The van der Waals surface area contributed by atoms with E-state index in [0.717, 1.165) is 23.0 Å². The second kappa shape index (κ2) is 8.98. The van der Waals surface area contributed by atoms with E-state index in [0.29, 0.717) is 24.3 Å². The summed E-state index contributed by atoms with van der Waals surface area (Å²) in [4.78, 5) is 16.2. The summed E-state index contributed by atoms with van der Waals surface area (Å²) in [6, 6.07) is 4.27. The second-order valence-electron chi connectivity index (χ2n) is 6.63. The Hall–Kier alpha value is -2.15. The van der Waals surface area contributed by atoms with Crippen LogP contribution in [0.3, 0.4) is 0 Å². The molecule has 1 aliphatic rings. The summed E-state index contributed by atoms with van der Waals surface area (Å²) in [5, 5.41) is 12.4. The van der Waals surface area contributed by atoms with Gasteiger partial charge in [-0.15, -0.1) is 16.8 Å². The summed E-state index contributed by atoms with van der Waals surface area (Å²) < 4.78 is 2.23. The molecule has 0 saturated heterocycles. The molecule has 1 fully saturated rings. The van der Waals surface area contributed by atoms with Crippen molar-refractivity contribution in [2.45, 2.75) is 43.8 Å². The van der Waals surface area contributed by atoms with Gasteiger partial charge < -0.3 is 5.32 Å². The van der Waals surface area contributed by atoms with Crippen LogP contribution >= 0.6 is 11.8 Å². The maximum atomic E-state index is 12.0. The molecular formula is C19H25N5OS. The molecule has 138 valence electrons. The quantitative estimate of drug-likeness (QED) is 0.596. The molecule has 0 aliphatic heterocycles. The van der Waals surface area contributed by atoms with Gasteiger partial charge in [0.1, 0.15) is 0 Å². The number of carbonyl (C=O) groups is 1. The fourth-order valence-corrected chi connectivity index (χ4v) is 4.24. The summed E-state index contributed by atoms with van der Waals surface area (Å²) in [7, 11) is 0. The molecule has 0 spiro atoms. The number of nitrogens with one attached hydrogen (secondary N) is 1. The molecule has 2 heterocycles. The van der Waals surface area contributed by atoms with E-state index in [-0.39, 0.29) is 5.91 Å². The largest absolute Gasteiger partial charge is 0.352 e. The molecule has 0 radical (unpaired) electrons. The lowest BCUT2D eigenvalue weighted by molar-refractivity contribution is -0.118. The van der Waals surface area contributed by atoms with Crippen molar-refractivity contribution in [3.05, 3.63) is 37.2 Å². The van der Waals surface area contributed by atoms with Crippen molar-refractivity contribution < 1.29 is 4.79 Å². The third kappa shape index (κ3) is 4.33. The number of carbonyl (C=O) groups excluding carboxylic acids is 1. The van der Waals surface area contributed by atoms with Crippen molar-refractivity contribution in [1.82, 2.24) is 25.1 Å². The zero-order chi connectivity index (χ0) is 18.4. The first kappa shape index (κ1) is 18.6. The first-order chi connectivity index (χ1) is 12.7. The van der Waals surface area contributed by atoms with Gasteiger partial charge in [0.2, 0.25) is 5.91 Å². The Balaban J connectivity index is 1.87. The van der Waals surface area contributed by atoms with Gasteiger partial charge in [0, 0.05) is 30.5 Å². The number of hydrogen-bond donors (Lipinski definition) is 1. The monoisotopic (exact) mass is 371 g/mol. The number of amides is 1. The Bertz CT molecular complexity index is 746. The molecule has 1 amide bonds. The van der Waals surface area contributed by atoms with Crippen LogP contribution in [0.1, 0.15) is 38.6 Å². The van der Waals surface area contributed by atoms with Gasteiger partial charge in [-0.1, -0.05) is 37.6 Å². The van der Waals surface area contributed by atoms with Gasteiger partial charge in [-0.2, -0.15) is 0 Å². The number of rotatable bonds is 7. The average molecular weight is 372 g/mol. The van der Waals surface area contributed by atoms with Crippen molar-refractivity contribution in [2.24, 2.45) is 5.92 Å². The van der Waals surface area contributed by atoms with Crippen molar-refractivity contribution in [3.63, 3.8) is 0 Å². The van der Waals surface area contributed by atoms with Crippen molar-refractivity contribution >= 4 is 17.7 Å². The third-order valence-electron chi connectivity index (χ3n) is 4.76. The maximum Gasteiger partial charge on any atom is 0.230 e. The Morgan fingerprint density at radius 1 is 1.42 bits per heavy atom. The van der Waals surface area contributed by atoms with E-state index in [1.807, 2.05) is 18.3 Å². The van der Waals surface area contributed by atoms with Gasteiger partial charge in [-0.25, -0.2) is 0 Å². The highest BCUT2D eigenvalue weighted by atomic mass is 32.2. The minimum atomic E-state index is -0.0240. The van der Waals surface area contributed by atoms with Crippen LogP contribution in [-0.4, -0.2) is 38.0 Å². The van der Waals surface area contributed by atoms with Crippen LogP contribution in [0.25, 0.3) is 11.4 Å². The molecule has 1 saturated carbocycles. The van der Waals surface area contributed by atoms with E-state index < -0.39 is 0 Å². The van der Waals surface area contributed by atoms with Gasteiger partial charge in [-0.05, 0) is 30.9 Å². The molecule has 2 atom stereocenters. The standard InChI is InChI=1S/C19H25N5OS/c1-3-10-21-17(25)13-26-19-23-22-18(15-8-6-11-20-12-15)24(19)16-9-5-4-7-14(16)2/h3,6,8,11-12,14,16H,1,4-5,7,9-10,13H2,2H3,(H,21,25)/t14-,16+/m1/s1. The molecule has 2 aromatic heterocycles. The molecule has 1 aliphatic carbocycles. The molecule has 0 aromatic carbocycles. The summed E-state index contributed by atoms with van der Waals surface area (Å²) in [5.41, 5.74) is 0.959. The Kier molecular flexibility index (Phi) is 6.44. The number of thioether (sulfide) groups is 1. The normalized spacial score (nSPS) is 19.9. The first-order valence-corrected chi connectivity index (χ1v) is 10.0. The predicted molar refractivity (Wildman–Crippen MR) is 104 cm³/mol. The van der Waals surface area contributed by atoms with Crippen molar-refractivity contribution in [3.8, 4) is 11.4 Å². The minimum absolute atomic E-state index is 0.0240. The Morgan fingerprint density at radius 3 is 3.00 bits per heavy atom. The highest BCUT2D eigenvalue weighted by Gasteiger charge is 2.28. The summed E-state index contributed by atoms with van der Waals surface area (Å²) in [5.74, 6) is 1.69. The molecule has 1 N–H and O–H groups in total. The van der Waals surface area contributed by atoms with E-state index in [1.54, 1.807) is 12.3 Å². The van der Waals surface area contributed by atoms with Gasteiger partial charge in [0.15, 0.2) is 11.0 Å². The lowest BCUT2D eigenvalue weighted by Crippen LogP contribution is -2.26. The van der Waals surface area contributed by atoms with Crippen LogP contribution in [0.15, 0.2) is 42.3 Å². The van der Waals surface area contributed by atoms with Crippen LogP contribution in [0.5, 0.6) is 0 Å². The Morgan fingerprint density at radius 2 is 2.27 bits per heavy atom. The summed E-state index contributed by atoms with van der Waals surface area (Å²) >= 11 is 1.44. The van der Waals surface area contributed by atoms with E-state index >= 15 is 0 Å². The summed E-state index contributed by atoms with van der Waals surface area (Å²) in [6.45, 7) is 6.39. The number of nitrogens with zero attached hydrogens (tertiary/aromatic N) is 4. The predicted octanol–water partition coefficient (Wildman–Crippen LogP) is 3.49. The van der Waals surface area contributed by atoms with Crippen molar-refractivity contribution in [1.29, 1.82) is 0 Å². The number of aromatic nitrogens is 4. The molecule has 26 heavy (non-hydrogen) atoms. The van der Waals surface area contributed by atoms with Crippen LogP contribution in [0.2, 0.25) is 0 Å². The molecule has 6 nitrogen and oxygen atoms in total. The first-order valence-electron chi connectivity index (χ1n) is 9.06. The van der Waals surface area contributed by atoms with Crippen LogP contribution in [0.4, 0.5) is 0 Å². The third-order valence-corrected chi connectivity index (χ3v) is 5.70. The summed E-state index contributed by atoms with van der Waals surface area (Å²) in [6.07, 6.45) is 10.1. The SMILES string of the molecule is C=CCNC(=O)CSc1nnc(-c2cccnc2)n1[C@H]1CCCC[C@H]1C. The van der Waals surface area contributed by atoms with E-state index in [2.05, 4.69) is 38.6 Å². The topological polar surface area (TPSA) is 72.7 Å². The van der Waals surface area contributed by atoms with Crippen LogP contribution < -0.4 is 5.32 Å². The fourth-order valence-electron chi connectivity index (χ4n) is 3.41. The molecular weight excluding hydrogens is 346 g/mol. The molecule has 7 heteroatoms. The van der Waals surface area contributed by atoms with E-state index in [9.17, 15) is 4.79 Å². The fraction of sp³-hybridized carbons (Fsp3) is 0.474. The number of pyridine rings is 1. The highest BCUT2D eigenvalue weighted by molar-refractivity contribution is 7.99. The number of hydrogen-bond acceptors (Lipinski definition) is 5. The highest BCUT2D eigenvalue weighted by Crippen LogP contribution is 2.38. The zero-order valence-electron chi connectivity index (χ0n) is 15.1. The van der Waals surface area contributed by atoms with Gasteiger partial charge in [-0.3, -0.25) is 14.3 Å². The molecule has 0 unspecified atom stereocenters. The van der Waals surface area contributed by atoms with E-state index in [1.165, 1.54) is 31.0 Å². The van der Waals surface area contributed by atoms with Crippen LogP contribution in [0, 0.1) is 5.92 Å². The van der Waals surface area contributed by atoms with Crippen LogP contribution in [-0.2, 0) is 4.79 Å². The second-order valence-corrected chi connectivity index (χ2v) is 7.57. The lowest BCUT2D eigenvalue weighted by atomic mass is 9.85. The van der Waals surface area contributed by atoms with Gasteiger partial charge in [0.25, 0.3) is 0 Å².